The van der Waals surface area contributed by atoms with Gasteiger partial charge in [0.2, 0.25) is 0 Å². The van der Waals surface area contributed by atoms with Gasteiger partial charge in [0.1, 0.15) is 0 Å². The maximum absolute atomic E-state index is 3.49. The van der Waals surface area contributed by atoms with E-state index in [0.29, 0.717) is 0 Å². The summed E-state index contributed by atoms with van der Waals surface area (Å²) in [5, 5.41) is 3.49. The second-order valence-electron chi connectivity index (χ2n) is 6.40. The summed E-state index contributed by atoms with van der Waals surface area (Å²) in [4.78, 5) is 0. The predicted molar refractivity (Wildman–Crippen MR) is 104 cm³/mol. The molecule has 0 unspecified atom stereocenters. The predicted octanol–water partition coefficient (Wildman–Crippen LogP) is 6.47. The van der Waals surface area contributed by atoms with Gasteiger partial charge in [0, 0.05) is 12.2 Å². The third-order valence-corrected chi connectivity index (χ3v) is 4.25. The van der Waals surface area contributed by atoms with Crippen LogP contribution in [-0.2, 0) is 0 Å². The maximum Gasteiger partial charge on any atom is 0.0340 e. The molecule has 1 nitrogen and oxygen atoms in total. The zero-order valence-electron chi connectivity index (χ0n) is 14.9. The Kier molecular flexibility index (Phi) is 6.46. The molecule has 1 heteroatoms. The highest BCUT2D eigenvalue weighted by molar-refractivity contribution is 5.81. The first-order chi connectivity index (χ1) is 11.1. The van der Waals surface area contributed by atoms with Gasteiger partial charge in [-0.05, 0) is 61.6 Å². The quantitative estimate of drug-likeness (QED) is 0.457. The molecule has 122 valence electrons. The summed E-state index contributed by atoms with van der Waals surface area (Å²) >= 11 is 0. The maximum atomic E-state index is 3.49. The molecule has 0 aromatic heterocycles. The molecule has 0 spiro atoms. The molecule has 0 heterocycles. The van der Waals surface area contributed by atoms with Gasteiger partial charge in [-0.3, -0.25) is 0 Å². The van der Waals surface area contributed by atoms with E-state index in [1.54, 1.807) is 0 Å². The van der Waals surface area contributed by atoms with Crippen molar-refractivity contribution in [3.8, 4) is 0 Å². The lowest BCUT2D eigenvalue weighted by atomic mass is 10.00. The van der Waals surface area contributed by atoms with Crippen LogP contribution in [0.3, 0.4) is 0 Å². The normalized spacial score (nSPS) is 11.6. The number of unbranched alkanes of at least 4 members (excludes halogenated alkanes) is 2. The van der Waals surface area contributed by atoms with E-state index in [1.165, 1.54) is 52.8 Å². The summed E-state index contributed by atoms with van der Waals surface area (Å²) in [6.07, 6.45) is 6.08. The molecule has 0 saturated carbocycles. The van der Waals surface area contributed by atoms with E-state index in [4.69, 9.17) is 0 Å². The summed E-state index contributed by atoms with van der Waals surface area (Å²) < 4.78 is 0. The molecule has 0 aliphatic rings. The number of anilines is 1. The monoisotopic (exact) mass is 307 g/mol. The Morgan fingerprint density at radius 2 is 1.74 bits per heavy atom. The standard InChI is InChI=1S/C22H29N/c1-5-6-7-14-23-22-12-10-20(11-13-22)19(4)16-21-9-8-17(2)15-18(21)3/h8-13,15-16,23H,5-7,14H2,1-4H3/b19-16+. The van der Waals surface area contributed by atoms with Crippen LogP contribution in [0.5, 0.6) is 0 Å². The minimum Gasteiger partial charge on any atom is -0.385 e. The van der Waals surface area contributed by atoms with Crippen LogP contribution in [-0.4, -0.2) is 6.54 Å². The van der Waals surface area contributed by atoms with Gasteiger partial charge in [-0.15, -0.1) is 0 Å². The fraction of sp³-hybridized carbons (Fsp3) is 0.364. The molecule has 0 saturated heterocycles. The SMILES string of the molecule is CCCCCNc1ccc(/C(C)=C/c2ccc(C)cc2C)cc1. The summed E-state index contributed by atoms with van der Waals surface area (Å²) in [5.41, 5.74) is 7.74. The second-order valence-corrected chi connectivity index (χ2v) is 6.40. The minimum absolute atomic E-state index is 1.06. The van der Waals surface area contributed by atoms with Crippen molar-refractivity contribution in [2.24, 2.45) is 0 Å². The van der Waals surface area contributed by atoms with Crippen LogP contribution in [0.1, 0.15) is 55.4 Å². The lowest BCUT2D eigenvalue weighted by Gasteiger charge is -2.09. The Bertz CT molecular complexity index is 650. The van der Waals surface area contributed by atoms with Gasteiger partial charge in [-0.1, -0.05) is 61.7 Å². The molecule has 23 heavy (non-hydrogen) atoms. The van der Waals surface area contributed by atoms with Gasteiger partial charge in [0.15, 0.2) is 0 Å². The number of aryl methyl sites for hydroxylation is 2. The molecule has 0 aliphatic carbocycles. The molecule has 0 fully saturated rings. The molecule has 2 aromatic carbocycles. The highest BCUT2D eigenvalue weighted by atomic mass is 14.9. The van der Waals surface area contributed by atoms with Gasteiger partial charge in [-0.25, -0.2) is 0 Å². The van der Waals surface area contributed by atoms with Gasteiger partial charge >= 0.3 is 0 Å². The molecule has 0 bridgehead atoms. The molecular weight excluding hydrogens is 278 g/mol. The van der Waals surface area contributed by atoms with Crippen molar-refractivity contribution in [2.75, 3.05) is 11.9 Å². The van der Waals surface area contributed by atoms with Crippen LogP contribution in [0.15, 0.2) is 42.5 Å². The topological polar surface area (TPSA) is 12.0 Å². The van der Waals surface area contributed by atoms with Gasteiger partial charge < -0.3 is 5.32 Å². The molecule has 2 rings (SSSR count). The van der Waals surface area contributed by atoms with E-state index < -0.39 is 0 Å². The summed E-state index contributed by atoms with van der Waals surface area (Å²) in [7, 11) is 0. The Morgan fingerprint density at radius 1 is 1.00 bits per heavy atom. The Balaban J connectivity index is 2.04. The Hall–Kier alpha value is -2.02. The van der Waals surface area contributed by atoms with E-state index in [9.17, 15) is 0 Å². The first-order valence-corrected chi connectivity index (χ1v) is 8.70. The largest absolute Gasteiger partial charge is 0.385 e. The van der Waals surface area contributed by atoms with Crippen molar-refractivity contribution in [2.45, 2.75) is 47.0 Å². The summed E-state index contributed by atoms with van der Waals surface area (Å²) in [5.74, 6) is 0. The third kappa shape index (κ3) is 5.28. The smallest absolute Gasteiger partial charge is 0.0340 e. The summed E-state index contributed by atoms with van der Waals surface area (Å²) in [6.45, 7) is 9.79. The van der Waals surface area contributed by atoms with Crippen molar-refractivity contribution >= 4 is 17.3 Å². The van der Waals surface area contributed by atoms with Gasteiger partial charge in [-0.2, -0.15) is 0 Å². The first-order valence-electron chi connectivity index (χ1n) is 8.70. The van der Waals surface area contributed by atoms with E-state index in [2.05, 4.69) is 81.6 Å². The van der Waals surface area contributed by atoms with E-state index in [0.717, 1.165) is 6.54 Å². The molecule has 2 aromatic rings. The fourth-order valence-electron chi connectivity index (χ4n) is 2.76. The fourth-order valence-corrected chi connectivity index (χ4v) is 2.76. The van der Waals surface area contributed by atoms with Crippen molar-refractivity contribution in [1.29, 1.82) is 0 Å². The molecule has 1 N–H and O–H groups in total. The average Bonchev–Trinajstić information content (AvgIpc) is 2.55. The second kappa shape index (κ2) is 8.57. The van der Waals surface area contributed by atoms with Crippen LogP contribution in [0.2, 0.25) is 0 Å². The Labute approximate surface area is 141 Å². The van der Waals surface area contributed by atoms with Gasteiger partial charge in [0.05, 0.1) is 0 Å². The lowest BCUT2D eigenvalue weighted by Crippen LogP contribution is -2.00. The van der Waals surface area contributed by atoms with Gasteiger partial charge in [0.25, 0.3) is 0 Å². The minimum atomic E-state index is 1.06. The molecule has 0 radical (unpaired) electrons. The average molecular weight is 307 g/mol. The molecule has 0 amide bonds. The van der Waals surface area contributed by atoms with Crippen LogP contribution in [0.4, 0.5) is 5.69 Å². The molecular formula is C22H29N. The van der Waals surface area contributed by atoms with Crippen LogP contribution >= 0.6 is 0 Å². The number of allylic oxidation sites excluding steroid dienone is 1. The van der Waals surface area contributed by atoms with Crippen LogP contribution in [0, 0.1) is 13.8 Å². The highest BCUT2D eigenvalue weighted by Crippen LogP contribution is 2.22. The number of rotatable bonds is 7. The van der Waals surface area contributed by atoms with Crippen molar-refractivity contribution in [3.05, 3.63) is 64.7 Å². The first kappa shape index (κ1) is 17.3. The number of hydrogen-bond acceptors (Lipinski definition) is 1. The number of benzene rings is 2. The van der Waals surface area contributed by atoms with E-state index >= 15 is 0 Å². The van der Waals surface area contributed by atoms with Crippen LogP contribution < -0.4 is 5.32 Å². The lowest BCUT2D eigenvalue weighted by molar-refractivity contribution is 0.744. The third-order valence-electron chi connectivity index (χ3n) is 4.25. The van der Waals surface area contributed by atoms with Crippen molar-refractivity contribution in [1.82, 2.24) is 0 Å². The van der Waals surface area contributed by atoms with E-state index in [-0.39, 0.29) is 0 Å². The zero-order valence-corrected chi connectivity index (χ0v) is 14.9. The van der Waals surface area contributed by atoms with Crippen molar-refractivity contribution in [3.63, 3.8) is 0 Å². The number of nitrogens with one attached hydrogen (secondary N) is 1. The molecule has 0 aliphatic heterocycles. The van der Waals surface area contributed by atoms with E-state index in [1.807, 2.05) is 0 Å². The zero-order chi connectivity index (χ0) is 16.7. The van der Waals surface area contributed by atoms with Crippen molar-refractivity contribution < 1.29 is 0 Å². The number of hydrogen-bond donors (Lipinski definition) is 1. The molecule has 0 atom stereocenters. The van der Waals surface area contributed by atoms with Crippen LogP contribution in [0.25, 0.3) is 11.6 Å². The highest BCUT2D eigenvalue weighted by Gasteiger charge is 2.00. The summed E-state index contributed by atoms with van der Waals surface area (Å²) in [6, 6.07) is 15.4. The Morgan fingerprint density at radius 3 is 2.39 bits per heavy atom.